The second-order valence-electron chi connectivity index (χ2n) is 11.1. The molecule has 0 aromatic heterocycles. The summed E-state index contributed by atoms with van der Waals surface area (Å²) < 4.78 is 20.9. The zero-order valence-electron chi connectivity index (χ0n) is 27.2. The molecule has 0 aliphatic rings. The van der Waals surface area contributed by atoms with E-state index in [1.54, 1.807) is 42.5 Å². The first-order valence-electron chi connectivity index (χ1n) is 16.0. The molecule has 5 aromatic rings. The summed E-state index contributed by atoms with van der Waals surface area (Å²) in [6.07, 6.45) is 3.54. The van der Waals surface area contributed by atoms with E-state index < -0.39 is 22.9 Å². The van der Waals surface area contributed by atoms with E-state index in [4.69, 9.17) is 4.74 Å². The minimum absolute atomic E-state index is 0.0691. The standard InChI is InChI=1S/C40H35BrFN3O4S/c1-2-3-25-49-32-21-17-30(18-22-32)44-40(48)37(28-9-5-4-6-10-28)50-33-23-19-31(20-24-33)43-39(47)36(26-27-13-15-29(41)16-14-27)45-38(46)34-11-7-8-12-35(34)42/h4-24,26,37H,2-3,25H2,1H3,(H,43,47)(H,44,48)(H,45,46)/b36-26+. The van der Waals surface area contributed by atoms with E-state index in [-0.39, 0.29) is 17.2 Å². The van der Waals surface area contributed by atoms with Crippen LogP contribution in [-0.2, 0) is 9.59 Å². The van der Waals surface area contributed by atoms with Crippen LogP contribution in [0.4, 0.5) is 15.8 Å². The van der Waals surface area contributed by atoms with E-state index in [0.717, 1.165) is 33.5 Å². The van der Waals surface area contributed by atoms with E-state index in [2.05, 4.69) is 38.8 Å². The fourth-order valence-corrected chi connectivity index (χ4v) is 6.04. The highest BCUT2D eigenvalue weighted by Gasteiger charge is 2.23. The Bertz CT molecular complexity index is 1940. The van der Waals surface area contributed by atoms with Crippen molar-refractivity contribution in [2.75, 3.05) is 17.2 Å². The smallest absolute Gasteiger partial charge is 0.272 e. The first-order valence-corrected chi connectivity index (χ1v) is 17.7. The van der Waals surface area contributed by atoms with Gasteiger partial charge in [-0.3, -0.25) is 14.4 Å². The summed E-state index contributed by atoms with van der Waals surface area (Å²) in [6.45, 7) is 2.75. The van der Waals surface area contributed by atoms with Gasteiger partial charge in [0.15, 0.2) is 0 Å². The highest BCUT2D eigenvalue weighted by molar-refractivity contribution is 9.10. The lowest BCUT2D eigenvalue weighted by molar-refractivity contribution is -0.116. The summed E-state index contributed by atoms with van der Waals surface area (Å²) in [6, 6.07) is 36.6. The average molecular weight is 753 g/mol. The van der Waals surface area contributed by atoms with Gasteiger partial charge in [-0.05, 0) is 96.4 Å². The van der Waals surface area contributed by atoms with Crippen molar-refractivity contribution in [3.63, 3.8) is 0 Å². The Kier molecular flexibility index (Phi) is 13.0. The molecule has 0 saturated carbocycles. The van der Waals surface area contributed by atoms with E-state index in [1.807, 2.05) is 66.7 Å². The molecule has 5 rings (SSSR count). The van der Waals surface area contributed by atoms with Crippen molar-refractivity contribution in [3.05, 3.63) is 160 Å². The SMILES string of the molecule is CCCCOc1ccc(NC(=O)C(Sc2ccc(NC(=O)/C(=C\c3ccc(Br)cc3)NC(=O)c3ccccc3F)cc2)c2ccccc2)cc1. The van der Waals surface area contributed by atoms with Crippen molar-refractivity contribution >= 4 is 62.9 Å². The number of anilines is 2. The monoisotopic (exact) mass is 751 g/mol. The number of carbonyl (C=O) groups is 3. The fourth-order valence-electron chi connectivity index (χ4n) is 4.75. The molecule has 254 valence electrons. The summed E-state index contributed by atoms with van der Waals surface area (Å²) in [4.78, 5) is 40.8. The second-order valence-corrected chi connectivity index (χ2v) is 13.2. The zero-order chi connectivity index (χ0) is 35.3. The highest BCUT2D eigenvalue weighted by Crippen LogP contribution is 2.37. The lowest BCUT2D eigenvalue weighted by Gasteiger charge is -2.18. The van der Waals surface area contributed by atoms with Gasteiger partial charge in [0, 0.05) is 20.7 Å². The Labute approximate surface area is 303 Å². The number of hydrogen-bond acceptors (Lipinski definition) is 5. The first kappa shape index (κ1) is 36.1. The first-order chi connectivity index (χ1) is 24.3. The number of amides is 3. The molecule has 3 amide bonds. The number of carbonyl (C=O) groups excluding carboxylic acids is 3. The van der Waals surface area contributed by atoms with Gasteiger partial charge in [-0.2, -0.15) is 0 Å². The number of hydrogen-bond donors (Lipinski definition) is 3. The van der Waals surface area contributed by atoms with Crippen LogP contribution in [0.5, 0.6) is 5.75 Å². The molecule has 7 nitrogen and oxygen atoms in total. The molecule has 0 spiro atoms. The van der Waals surface area contributed by atoms with Crippen molar-refractivity contribution in [1.82, 2.24) is 5.32 Å². The zero-order valence-corrected chi connectivity index (χ0v) is 29.6. The fraction of sp³-hybridized carbons (Fsp3) is 0.125. The molecule has 0 saturated heterocycles. The molecule has 5 aromatic carbocycles. The molecule has 50 heavy (non-hydrogen) atoms. The summed E-state index contributed by atoms with van der Waals surface area (Å²) in [5.74, 6) is -1.49. The number of ether oxygens (including phenoxy) is 1. The van der Waals surface area contributed by atoms with Gasteiger partial charge in [0.2, 0.25) is 5.91 Å². The van der Waals surface area contributed by atoms with Gasteiger partial charge in [0.1, 0.15) is 22.5 Å². The third-order valence-corrected chi connectivity index (χ3v) is 9.18. The summed E-state index contributed by atoms with van der Waals surface area (Å²) >= 11 is 4.76. The Morgan fingerprint density at radius 1 is 0.800 bits per heavy atom. The van der Waals surface area contributed by atoms with Crippen LogP contribution in [0, 0.1) is 5.82 Å². The predicted octanol–water partition coefficient (Wildman–Crippen LogP) is 9.65. The number of benzene rings is 5. The molecule has 0 aliphatic carbocycles. The largest absolute Gasteiger partial charge is 0.494 e. The van der Waals surface area contributed by atoms with Crippen molar-refractivity contribution in [3.8, 4) is 5.75 Å². The maximum Gasteiger partial charge on any atom is 0.272 e. The Hall–Kier alpha value is -5.19. The number of rotatable bonds is 14. The van der Waals surface area contributed by atoms with Crippen molar-refractivity contribution in [2.24, 2.45) is 0 Å². The molecule has 0 aliphatic heterocycles. The van der Waals surface area contributed by atoms with Crippen LogP contribution >= 0.6 is 27.7 Å². The Balaban J connectivity index is 1.29. The number of thioether (sulfide) groups is 1. The molecule has 0 heterocycles. The minimum Gasteiger partial charge on any atom is -0.494 e. The number of halogens is 2. The molecule has 3 N–H and O–H groups in total. The normalized spacial score (nSPS) is 11.7. The van der Waals surface area contributed by atoms with Gasteiger partial charge >= 0.3 is 0 Å². The minimum atomic E-state index is -0.755. The van der Waals surface area contributed by atoms with Gasteiger partial charge in [-0.25, -0.2) is 4.39 Å². The quantitative estimate of drug-likeness (QED) is 0.0597. The number of unbranched alkanes of at least 4 members (excludes halogenated alkanes) is 1. The molecule has 10 heteroatoms. The topological polar surface area (TPSA) is 96.5 Å². The summed E-state index contributed by atoms with van der Waals surface area (Å²) in [5.41, 5.74) is 2.35. The van der Waals surface area contributed by atoms with E-state index in [0.29, 0.717) is 23.5 Å². The molecule has 1 unspecified atom stereocenters. The summed E-state index contributed by atoms with van der Waals surface area (Å²) in [7, 11) is 0. The lowest BCUT2D eigenvalue weighted by atomic mass is 10.1. The van der Waals surface area contributed by atoms with Crippen molar-refractivity contribution < 1.29 is 23.5 Å². The van der Waals surface area contributed by atoms with Crippen molar-refractivity contribution in [2.45, 2.75) is 29.9 Å². The molecule has 0 fully saturated rings. The van der Waals surface area contributed by atoms with Crippen LogP contribution in [0.3, 0.4) is 0 Å². The predicted molar refractivity (Wildman–Crippen MR) is 202 cm³/mol. The Morgan fingerprint density at radius 3 is 2.12 bits per heavy atom. The number of nitrogens with one attached hydrogen (secondary N) is 3. The van der Waals surface area contributed by atoms with Crippen LogP contribution < -0.4 is 20.7 Å². The maximum absolute atomic E-state index is 14.3. The van der Waals surface area contributed by atoms with Crippen LogP contribution in [0.15, 0.2) is 142 Å². The third-order valence-electron chi connectivity index (χ3n) is 7.39. The van der Waals surface area contributed by atoms with Crippen LogP contribution in [-0.4, -0.2) is 24.3 Å². The average Bonchev–Trinajstić information content (AvgIpc) is 3.13. The molecular weight excluding hydrogens is 717 g/mol. The van der Waals surface area contributed by atoms with Crippen LogP contribution in [0.2, 0.25) is 0 Å². The maximum atomic E-state index is 14.3. The van der Waals surface area contributed by atoms with Gasteiger partial charge in [-0.1, -0.05) is 83.9 Å². The van der Waals surface area contributed by atoms with Crippen LogP contribution in [0.25, 0.3) is 6.08 Å². The van der Waals surface area contributed by atoms with Gasteiger partial charge in [0.25, 0.3) is 11.8 Å². The Morgan fingerprint density at radius 2 is 1.44 bits per heavy atom. The molecular formula is C40H35BrFN3O4S. The summed E-state index contributed by atoms with van der Waals surface area (Å²) in [5, 5.41) is 7.83. The third kappa shape index (κ3) is 10.4. The second kappa shape index (κ2) is 18.0. The molecule has 1 atom stereocenters. The van der Waals surface area contributed by atoms with Crippen LogP contribution in [0.1, 0.15) is 46.5 Å². The van der Waals surface area contributed by atoms with E-state index in [9.17, 15) is 18.8 Å². The van der Waals surface area contributed by atoms with Gasteiger partial charge in [-0.15, -0.1) is 11.8 Å². The van der Waals surface area contributed by atoms with Gasteiger partial charge in [0.05, 0.1) is 12.2 Å². The van der Waals surface area contributed by atoms with E-state index >= 15 is 0 Å². The lowest BCUT2D eigenvalue weighted by Crippen LogP contribution is -2.31. The highest BCUT2D eigenvalue weighted by atomic mass is 79.9. The molecule has 0 radical (unpaired) electrons. The van der Waals surface area contributed by atoms with Gasteiger partial charge < -0.3 is 20.7 Å². The van der Waals surface area contributed by atoms with Crippen molar-refractivity contribution in [1.29, 1.82) is 0 Å². The van der Waals surface area contributed by atoms with E-state index in [1.165, 1.54) is 36.0 Å². The molecule has 0 bridgehead atoms.